The number of carboxylic acid groups (broad SMARTS) is 1. The van der Waals surface area contributed by atoms with Crippen molar-refractivity contribution in [2.45, 2.75) is 122 Å². The Morgan fingerprint density at radius 3 is 1.36 bits per heavy atom. The lowest BCUT2D eigenvalue weighted by Gasteiger charge is -2.04. The van der Waals surface area contributed by atoms with Crippen LogP contribution in [0.5, 0.6) is 0 Å². The number of carboxylic acids is 1. The van der Waals surface area contributed by atoms with Crippen molar-refractivity contribution < 1.29 is 14.6 Å². The van der Waals surface area contributed by atoms with Gasteiger partial charge in [0, 0.05) is 19.6 Å². The van der Waals surface area contributed by atoms with Crippen LogP contribution in [0, 0.1) is 0 Å². The standard InChI is InChI=1S/C22H44O3/c1-2-3-20-25-21-18-16-14-12-10-8-6-4-5-7-9-11-13-15-17-19-22(23)24/h2-21H2,1H3,(H,23,24). The molecule has 0 rings (SSSR count). The van der Waals surface area contributed by atoms with Gasteiger partial charge in [0.15, 0.2) is 0 Å². The van der Waals surface area contributed by atoms with Crippen LogP contribution in [0.1, 0.15) is 122 Å². The predicted octanol–water partition coefficient (Wildman–Crippen LogP) is 7.13. The lowest BCUT2D eigenvalue weighted by molar-refractivity contribution is -0.137. The summed E-state index contributed by atoms with van der Waals surface area (Å²) in [6.07, 6.45) is 22.2. The predicted molar refractivity (Wildman–Crippen MR) is 107 cm³/mol. The molecule has 150 valence electrons. The van der Waals surface area contributed by atoms with Gasteiger partial charge in [-0.05, 0) is 19.3 Å². The van der Waals surface area contributed by atoms with E-state index in [1.54, 1.807) is 0 Å². The highest BCUT2D eigenvalue weighted by atomic mass is 16.5. The van der Waals surface area contributed by atoms with Gasteiger partial charge in [-0.2, -0.15) is 0 Å². The molecule has 0 saturated heterocycles. The molecule has 0 aromatic heterocycles. The SMILES string of the molecule is CCCCOCCCCCCCCCCCCCCCCCC(=O)O. The van der Waals surface area contributed by atoms with E-state index in [1.165, 1.54) is 96.3 Å². The molecule has 0 unspecified atom stereocenters. The molecule has 0 atom stereocenters. The second-order valence-electron chi connectivity index (χ2n) is 7.41. The monoisotopic (exact) mass is 356 g/mol. The maximum atomic E-state index is 10.4. The molecular weight excluding hydrogens is 312 g/mol. The van der Waals surface area contributed by atoms with Gasteiger partial charge in [0.25, 0.3) is 0 Å². The summed E-state index contributed by atoms with van der Waals surface area (Å²) >= 11 is 0. The zero-order chi connectivity index (χ0) is 18.4. The van der Waals surface area contributed by atoms with Crippen LogP contribution < -0.4 is 0 Å². The van der Waals surface area contributed by atoms with Gasteiger partial charge in [-0.25, -0.2) is 0 Å². The quantitative estimate of drug-likeness (QED) is 0.222. The number of rotatable bonds is 21. The summed E-state index contributed by atoms with van der Waals surface area (Å²) in [5.41, 5.74) is 0. The second-order valence-corrected chi connectivity index (χ2v) is 7.41. The van der Waals surface area contributed by atoms with Gasteiger partial charge in [-0.15, -0.1) is 0 Å². The number of carbonyl (C=O) groups is 1. The van der Waals surface area contributed by atoms with Gasteiger partial charge in [-0.1, -0.05) is 96.8 Å². The lowest BCUT2D eigenvalue weighted by Crippen LogP contribution is -1.96. The molecule has 0 aliphatic heterocycles. The van der Waals surface area contributed by atoms with Crippen molar-refractivity contribution in [1.29, 1.82) is 0 Å². The second kappa shape index (κ2) is 21.5. The van der Waals surface area contributed by atoms with Crippen LogP contribution in [0.3, 0.4) is 0 Å². The summed E-state index contributed by atoms with van der Waals surface area (Å²) in [7, 11) is 0. The summed E-state index contributed by atoms with van der Waals surface area (Å²) in [6, 6.07) is 0. The van der Waals surface area contributed by atoms with E-state index in [2.05, 4.69) is 6.92 Å². The molecule has 0 fully saturated rings. The molecule has 0 spiro atoms. The average molecular weight is 357 g/mol. The molecule has 25 heavy (non-hydrogen) atoms. The maximum absolute atomic E-state index is 10.4. The third-order valence-corrected chi connectivity index (χ3v) is 4.82. The highest BCUT2D eigenvalue weighted by Crippen LogP contribution is 2.13. The van der Waals surface area contributed by atoms with Gasteiger partial charge in [-0.3, -0.25) is 4.79 Å². The summed E-state index contributed by atoms with van der Waals surface area (Å²) in [6.45, 7) is 4.11. The van der Waals surface area contributed by atoms with E-state index in [4.69, 9.17) is 9.84 Å². The van der Waals surface area contributed by atoms with E-state index < -0.39 is 5.97 Å². The van der Waals surface area contributed by atoms with E-state index in [9.17, 15) is 4.79 Å². The van der Waals surface area contributed by atoms with Crippen LogP contribution in [0.2, 0.25) is 0 Å². The van der Waals surface area contributed by atoms with Crippen molar-refractivity contribution in [3.8, 4) is 0 Å². The minimum atomic E-state index is -0.656. The molecule has 0 saturated carbocycles. The van der Waals surface area contributed by atoms with E-state index in [0.29, 0.717) is 6.42 Å². The molecule has 0 radical (unpaired) electrons. The maximum Gasteiger partial charge on any atom is 0.303 e. The molecule has 3 heteroatoms. The van der Waals surface area contributed by atoms with Gasteiger partial charge >= 0.3 is 5.97 Å². The number of aliphatic carboxylic acids is 1. The zero-order valence-electron chi connectivity index (χ0n) is 16.9. The van der Waals surface area contributed by atoms with Crippen LogP contribution in [-0.4, -0.2) is 24.3 Å². The van der Waals surface area contributed by atoms with E-state index in [-0.39, 0.29) is 0 Å². The largest absolute Gasteiger partial charge is 0.481 e. The van der Waals surface area contributed by atoms with Crippen LogP contribution in [-0.2, 0) is 9.53 Å². The Balaban J connectivity index is 2.97. The first-order chi connectivity index (χ1) is 12.3. The molecule has 0 bridgehead atoms. The number of ether oxygens (including phenoxy) is 1. The molecule has 0 aromatic carbocycles. The molecule has 0 amide bonds. The van der Waals surface area contributed by atoms with Crippen LogP contribution in [0.15, 0.2) is 0 Å². The van der Waals surface area contributed by atoms with Crippen molar-refractivity contribution in [2.24, 2.45) is 0 Å². The van der Waals surface area contributed by atoms with Gasteiger partial charge < -0.3 is 9.84 Å². The molecule has 0 aliphatic rings. The molecule has 1 N–H and O–H groups in total. The third kappa shape index (κ3) is 23.4. The van der Waals surface area contributed by atoms with E-state index in [1.807, 2.05) is 0 Å². The van der Waals surface area contributed by atoms with Crippen LogP contribution in [0.4, 0.5) is 0 Å². The Morgan fingerprint density at radius 1 is 0.600 bits per heavy atom. The summed E-state index contributed by atoms with van der Waals surface area (Å²) in [5.74, 6) is -0.656. The molecule has 0 aromatic rings. The van der Waals surface area contributed by atoms with Crippen molar-refractivity contribution in [3.05, 3.63) is 0 Å². The van der Waals surface area contributed by atoms with E-state index in [0.717, 1.165) is 26.1 Å². The average Bonchev–Trinajstić information content (AvgIpc) is 2.60. The van der Waals surface area contributed by atoms with Crippen molar-refractivity contribution >= 4 is 5.97 Å². The van der Waals surface area contributed by atoms with Crippen molar-refractivity contribution in [2.75, 3.05) is 13.2 Å². The first-order valence-electron chi connectivity index (χ1n) is 11.1. The fraction of sp³-hybridized carbons (Fsp3) is 0.955. The minimum Gasteiger partial charge on any atom is -0.481 e. The third-order valence-electron chi connectivity index (χ3n) is 4.82. The summed E-state index contributed by atoms with van der Waals surface area (Å²) in [4.78, 5) is 10.4. The van der Waals surface area contributed by atoms with Crippen LogP contribution in [0.25, 0.3) is 0 Å². The number of unbranched alkanes of at least 4 members (excludes halogenated alkanes) is 15. The molecular formula is C22H44O3. The molecule has 3 nitrogen and oxygen atoms in total. The normalized spacial score (nSPS) is 11.1. The van der Waals surface area contributed by atoms with Crippen LogP contribution >= 0.6 is 0 Å². The first kappa shape index (κ1) is 24.4. The highest BCUT2D eigenvalue weighted by Gasteiger charge is 1.97. The van der Waals surface area contributed by atoms with Gasteiger partial charge in [0.2, 0.25) is 0 Å². The fourth-order valence-electron chi connectivity index (χ4n) is 3.13. The lowest BCUT2D eigenvalue weighted by atomic mass is 10.0. The van der Waals surface area contributed by atoms with Gasteiger partial charge in [0.1, 0.15) is 0 Å². The zero-order valence-corrected chi connectivity index (χ0v) is 16.9. The van der Waals surface area contributed by atoms with Gasteiger partial charge in [0.05, 0.1) is 0 Å². The van der Waals surface area contributed by atoms with Crippen molar-refractivity contribution in [3.63, 3.8) is 0 Å². The fourth-order valence-corrected chi connectivity index (χ4v) is 3.13. The minimum absolute atomic E-state index is 0.340. The molecule has 0 aliphatic carbocycles. The highest BCUT2D eigenvalue weighted by molar-refractivity contribution is 5.66. The summed E-state index contributed by atoms with van der Waals surface area (Å²) in [5, 5.41) is 8.56. The Morgan fingerprint density at radius 2 is 0.960 bits per heavy atom. The smallest absolute Gasteiger partial charge is 0.303 e. The number of hydrogen-bond donors (Lipinski definition) is 1. The Bertz CT molecular complexity index is 266. The molecule has 0 heterocycles. The van der Waals surface area contributed by atoms with Crippen molar-refractivity contribution in [1.82, 2.24) is 0 Å². The van der Waals surface area contributed by atoms with E-state index >= 15 is 0 Å². The number of hydrogen-bond acceptors (Lipinski definition) is 2. The first-order valence-corrected chi connectivity index (χ1v) is 11.1. The topological polar surface area (TPSA) is 46.5 Å². The Kier molecular flexibility index (Phi) is 21.0. The summed E-state index contributed by atoms with van der Waals surface area (Å²) < 4.78 is 5.58. The Hall–Kier alpha value is -0.570. The Labute approximate surface area is 156 Å².